The van der Waals surface area contributed by atoms with E-state index in [0.717, 1.165) is 23.1 Å². The van der Waals surface area contributed by atoms with Crippen molar-refractivity contribution in [3.63, 3.8) is 0 Å². The van der Waals surface area contributed by atoms with Crippen molar-refractivity contribution in [2.24, 2.45) is 0 Å². The number of carbonyl (C=O) groups excluding carboxylic acids is 2. The van der Waals surface area contributed by atoms with E-state index in [4.69, 9.17) is 5.11 Å². The van der Waals surface area contributed by atoms with Crippen LogP contribution in [0, 0.1) is 13.8 Å². The number of carbonyl (C=O) groups is 2. The molecule has 120 valence electrons. The molecule has 1 aliphatic heterocycles. The largest absolute Gasteiger partial charge is 0.396 e. The molecule has 3 amide bonds. The highest BCUT2D eigenvalue weighted by molar-refractivity contribution is 6.07. The lowest BCUT2D eigenvalue weighted by Crippen LogP contribution is -2.41. The van der Waals surface area contributed by atoms with Crippen molar-refractivity contribution in [3.8, 4) is 0 Å². The number of rotatable bonds is 6. The molecular formula is C17H24N2O3. The van der Waals surface area contributed by atoms with Gasteiger partial charge in [0.1, 0.15) is 5.54 Å². The summed E-state index contributed by atoms with van der Waals surface area (Å²) in [6, 6.07) is 5.55. The molecule has 0 aromatic heterocycles. The van der Waals surface area contributed by atoms with E-state index in [0.29, 0.717) is 19.4 Å². The number of imide groups is 1. The Morgan fingerprint density at radius 2 is 1.91 bits per heavy atom. The van der Waals surface area contributed by atoms with Crippen molar-refractivity contribution >= 4 is 11.9 Å². The zero-order chi connectivity index (χ0) is 16.3. The first kappa shape index (κ1) is 16.5. The van der Waals surface area contributed by atoms with Gasteiger partial charge in [-0.2, -0.15) is 0 Å². The molecule has 0 saturated carbocycles. The maximum Gasteiger partial charge on any atom is 0.325 e. The lowest BCUT2D eigenvalue weighted by Gasteiger charge is -2.24. The molecular weight excluding hydrogens is 280 g/mol. The Labute approximate surface area is 131 Å². The second kappa shape index (κ2) is 6.48. The standard InChI is InChI=1S/C17H24N2O3/c1-12-7-8-14(13(2)11-12)17(3)15(21)19(16(22)18-17)9-5-4-6-10-20/h7-8,11,20H,4-6,9-10H2,1-3H3,(H,18,22). The molecule has 2 rings (SSSR count). The van der Waals surface area contributed by atoms with E-state index in [1.165, 1.54) is 4.90 Å². The predicted molar refractivity (Wildman–Crippen MR) is 84.4 cm³/mol. The highest BCUT2D eigenvalue weighted by Gasteiger charge is 2.49. The second-order valence-corrected chi connectivity index (χ2v) is 6.11. The number of urea groups is 1. The third-order valence-corrected chi connectivity index (χ3v) is 4.24. The van der Waals surface area contributed by atoms with Crippen LogP contribution in [-0.4, -0.2) is 35.1 Å². The Balaban J connectivity index is 2.18. The fraction of sp³-hybridized carbons (Fsp3) is 0.529. The molecule has 1 fully saturated rings. The molecule has 1 heterocycles. The topological polar surface area (TPSA) is 69.6 Å². The molecule has 1 aliphatic rings. The van der Waals surface area contributed by atoms with Crippen LogP contribution < -0.4 is 5.32 Å². The Morgan fingerprint density at radius 3 is 2.55 bits per heavy atom. The van der Waals surface area contributed by atoms with E-state index in [1.54, 1.807) is 6.92 Å². The quantitative estimate of drug-likeness (QED) is 0.625. The van der Waals surface area contributed by atoms with Gasteiger partial charge in [0.25, 0.3) is 5.91 Å². The second-order valence-electron chi connectivity index (χ2n) is 6.11. The van der Waals surface area contributed by atoms with Crippen LogP contribution in [0.2, 0.25) is 0 Å². The summed E-state index contributed by atoms with van der Waals surface area (Å²) in [5.74, 6) is -0.201. The summed E-state index contributed by atoms with van der Waals surface area (Å²) < 4.78 is 0. The summed E-state index contributed by atoms with van der Waals surface area (Å²) in [6.07, 6.45) is 2.20. The van der Waals surface area contributed by atoms with Gasteiger partial charge in [0, 0.05) is 13.2 Å². The lowest BCUT2D eigenvalue weighted by atomic mass is 9.87. The molecule has 0 radical (unpaired) electrons. The molecule has 5 heteroatoms. The van der Waals surface area contributed by atoms with Crippen LogP contribution in [0.4, 0.5) is 4.79 Å². The van der Waals surface area contributed by atoms with Gasteiger partial charge >= 0.3 is 6.03 Å². The van der Waals surface area contributed by atoms with Gasteiger partial charge < -0.3 is 10.4 Å². The number of aliphatic hydroxyl groups is 1. The van der Waals surface area contributed by atoms with E-state index in [-0.39, 0.29) is 18.5 Å². The summed E-state index contributed by atoms with van der Waals surface area (Å²) in [6.45, 7) is 6.25. The zero-order valence-corrected chi connectivity index (χ0v) is 13.5. The van der Waals surface area contributed by atoms with E-state index < -0.39 is 5.54 Å². The number of unbranched alkanes of at least 4 members (excludes halogenated alkanes) is 2. The van der Waals surface area contributed by atoms with Gasteiger partial charge in [0.05, 0.1) is 0 Å². The Hall–Kier alpha value is -1.88. The molecule has 0 bridgehead atoms. The zero-order valence-electron chi connectivity index (χ0n) is 13.5. The molecule has 1 aromatic carbocycles. The minimum Gasteiger partial charge on any atom is -0.396 e. The van der Waals surface area contributed by atoms with Crippen LogP contribution >= 0.6 is 0 Å². The molecule has 5 nitrogen and oxygen atoms in total. The average Bonchev–Trinajstić information content (AvgIpc) is 2.66. The van der Waals surface area contributed by atoms with Gasteiger partial charge in [-0.25, -0.2) is 4.79 Å². The van der Waals surface area contributed by atoms with Crippen molar-refractivity contribution in [1.82, 2.24) is 10.2 Å². The first-order valence-electron chi connectivity index (χ1n) is 7.73. The van der Waals surface area contributed by atoms with Crippen LogP contribution in [-0.2, 0) is 10.3 Å². The number of nitrogens with one attached hydrogen (secondary N) is 1. The van der Waals surface area contributed by atoms with Gasteiger partial charge in [0.2, 0.25) is 0 Å². The Kier molecular flexibility index (Phi) is 4.86. The van der Waals surface area contributed by atoms with E-state index in [1.807, 2.05) is 32.0 Å². The minimum atomic E-state index is -0.994. The third-order valence-electron chi connectivity index (χ3n) is 4.24. The van der Waals surface area contributed by atoms with Crippen molar-refractivity contribution in [2.45, 2.75) is 45.6 Å². The lowest BCUT2D eigenvalue weighted by molar-refractivity contribution is -0.131. The first-order valence-corrected chi connectivity index (χ1v) is 7.73. The number of nitrogens with zero attached hydrogens (tertiary/aromatic N) is 1. The predicted octanol–water partition coefficient (Wildman–Crippen LogP) is 2.23. The normalized spacial score (nSPS) is 21.4. The summed E-state index contributed by atoms with van der Waals surface area (Å²) in [4.78, 5) is 26.2. The summed E-state index contributed by atoms with van der Waals surface area (Å²) in [5, 5.41) is 11.6. The number of aliphatic hydroxyl groups excluding tert-OH is 1. The third kappa shape index (κ3) is 2.99. The number of benzene rings is 1. The maximum atomic E-state index is 12.7. The van der Waals surface area contributed by atoms with Gasteiger partial charge in [-0.05, 0) is 51.2 Å². The van der Waals surface area contributed by atoms with Crippen LogP contribution in [0.1, 0.15) is 42.9 Å². The molecule has 1 saturated heterocycles. The molecule has 1 atom stereocenters. The number of amides is 3. The Bertz CT molecular complexity index is 585. The summed E-state index contributed by atoms with van der Waals surface area (Å²) in [5.41, 5.74) is 1.97. The fourth-order valence-electron chi connectivity index (χ4n) is 3.02. The van der Waals surface area contributed by atoms with Gasteiger partial charge in [-0.3, -0.25) is 9.69 Å². The smallest absolute Gasteiger partial charge is 0.325 e. The average molecular weight is 304 g/mol. The van der Waals surface area contributed by atoms with E-state index in [9.17, 15) is 9.59 Å². The maximum absolute atomic E-state index is 12.7. The van der Waals surface area contributed by atoms with Crippen LogP contribution in [0.5, 0.6) is 0 Å². The Morgan fingerprint density at radius 1 is 1.18 bits per heavy atom. The highest BCUT2D eigenvalue weighted by Crippen LogP contribution is 2.31. The minimum absolute atomic E-state index is 0.139. The number of hydrogen-bond donors (Lipinski definition) is 2. The van der Waals surface area contributed by atoms with Crippen molar-refractivity contribution < 1.29 is 14.7 Å². The molecule has 2 N–H and O–H groups in total. The molecule has 22 heavy (non-hydrogen) atoms. The van der Waals surface area contributed by atoms with Gasteiger partial charge in [0.15, 0.2) is 0 Å². The number of aryl methyl sites for hydroxylation is 2. The molecule has 0 spiro atoms. The molecule has 0 aliphatic carbocycles. The molecule has 1 aromatic rings. The first-order chi connectivity index (χ1) is 10.4. The van der Waals surface area contributed by atoms with E-state index in [2.05, 4.69) is 5.32 Å². The summed E-state index contributed by atoms with van der Waals surface area (Å²) >= 11 is 0. The van der Waals surface area contributed by atoms with E-state index >= 15 is 0 Å². The van der Waals surface area contributed by atoms with Crippen molar-refractivity contribution in [2.75, 3.05) is 13.2 Å². The number of hydrogen-bond acceptors (Lipinski definition) is 3. The fourth-order valence-corrected chi connectivity index (χ4v) is 3.02. The molecule has 1 unspecified atom stereocenters. The van der Waals surface area contributed by atoms with Crippen LogP contribution in [0.3, 0.4) is 0 Å². The van der Waals surface area contributed by atoms with Gasteiger partial charge in [-0.15, -0.1) is 0 Å². The van der Waals surface area contributed by atoms with Crippen molar-refractivity contribution in [3.05, 3.63) is 34.9 Å². The SMILES string of the molecule is Cc1ccc(C2(C)NC(=O)N(CCCCCO)C2=O)c(C)c1. The van der Waals surface area contributed by atoms with Crippen LogP contribution in [0.25, 0.3) is 0 Å². The summed E-state index contributed by atoms with van der Waals surface area (Å²) in [7, 11) is 0. The highest BCUT2D eigenvalue weighted by atomic mass is 16.3. The van der Waals surface area contributed by atoms with Gasteiger partial charge in [-0.1, -0.05) is 23.8 Å². The van der Waals surface area contributed by atoms with Crippen LogP contribution in [0.15, 0.2) is 18.2 Å². The monoisotopic (exact) mass is 304 g/mol. The van der Waals surface area contributed by atoms with Crippen molar-refractivity contribution in [1.29, 1.82) is 0 Å².